The molecule has 0 aromatic heterocycles. The van der Waals surface area contributed by atoms with Crippen LogP contribution >= 0.6 is 0 Å². The monoisotopic (exact) mass is 332 g/mol. The van der Waals surface area contributed by atoms with E-state index in [9.17, 15) is 8.78 Å². The third kappa shape index (κ3) is 3.74. The van der Waals surface area contributed by atoms with Crippen LogP contribution in [0.2, 0.25) is 0 Å². The number of ether oxygens (including phenoxy) is 1. The molecule has 24 heavy (non-hydrogen) atoms. The Morgan fingerprint density at radius 3 is 2.54 bits per heavy atom. The van der Waals surface area contributed by atoms with E-state index < -0.39 is 11.6 Å². The van der Waals surface area contributed by atoms with Gasteiger partial charge >= 0.3 is 0 Å². The van der Waals surface area contributed by atoms with Crippen LogP contribution in [-0.4, -0.2) is 19.6 Å². The zero-order chi connectivity index (χ0) is 16.9. The lowest BCUT2D eigenvalue weighted by Gasteiger charge is -2.29. The first-order valence-corrected chi connectivity index (χ1v) is 8.34. The van der Waals surface area contributed by atoms with Crippen molar-refractivity contribution in [2.24, 2.45) is 5.92 Å². The highest BCUT2D eigenvalue weighted by molar-refractivity contribution is 5.38. The first-order valence-electron chi connectivity index (χ1n) is 8.34. The van der Waals surface area contributed by atoms with Gasteiger partial charge in [0.1, 0.15) is 5.75 Å². The van der Waals surface area contributed by atoms with Gasteiger partial charge in [-0.15, -0.1) is 0 Å². The van der Waals surface area contributed by atoms with Gasteiger partial charge in [-0.2, -0.15) is 0 Å². The maximum atomic E-state index is 14.9. The predicted octanol–water partition coefficient (Wildman–Crippen LogP) is 4.02. The fraction of sp³-hybridized carbons (Fsp3) is 0.368. The van der Waals surface area contributed by atoms with Gasteiger partial charge in [-0.1, -0.05) is 31.2 Å². The van der Waals surface area contributed by atoms with Crippen LogP contribution in [0, 0.1) is 17.6 Å². The van der Waals surface area contributed by atoms with Crippen LogP contribution < -0.4 is 15.4 Å². The van der Waals surface area contributed by atoms with Crippen molar-refractivity contribution in [3.8, 4) is 11.5 Å². The van der Waals surface area contributed by atoms with Crippen molar-refractivity contribution < 1.29 is 13.5 Å². The van der Waals surface area contributed by atoms with Crippen molar-refractivity contribution in [2.75, 3.05) is 19.6 Å². The molecule has 1 heterocycles. The van der Waals surface area contributed by atoms with Crippen molar-refractivity contribution in [2.45, 2.75) is 19.4 Å². The molecule has 128 valence electrons. The molecule has 1 saturated heterocycles. The van der Waals surface area contributed by atoms with Crippen LogP contribution in [0.5, 0.6) is 11.5 Å². The van der Waals surface area contributed by atoms with Crippen LogP contribution in [0.15, 0.2) is 42.5 Å². The number of benzene rings is 2. The van der Waals surface area contributed by atoms with Gasteiger partial charge in [0.2, 0.25) is 0 Å². The quantitative estimate of drug-likeness (QED) is 0.803. The molecule has 3 rings (SSSR count). The summed E-state index contributed by atoms with van der Waals surface area (Å²) in [6.45, 7) is 4.77. The fourth-order valence-corrected chi connectivity index (χ4v) is 2.79. The second-order valence-corrected chi connectivity index (χ2v) is 6.09. The summed E-state index contributed by atoms with van der Waals surface area (Å²) in [5, 5.41) is 6.60. The molecule has 1 fully saturated rings. The van der Waals surface area contributed by atoms with Gasteiger partial charge in [0, 0.05) is 31.2 Å². The molecule has 0 saturated carbocycles. The SMILES string of the molecule is CCC(NCC1CNC1)c1ccc(F)c(Oc2ccccc2)c1F. The van der Waals surface area contributed by atoms with Crippen molar-refractivity contribution in [3.63, 3.8) is 0 Å². The molecule has 0 amide bonds. The molecule has 1 aliphatic heterocycles. The number of nitrogens with one attached hydrogen (secondary N) is 2. The van der Waals surface area contributed by atoms with Gasteiger partial charge in [0.05, 0.1) is 0 Å². The topological polar surface area (TPSA) is 33.3 Å². The van der Waals surface area contributed by atoms with E-state index in [1.165, 1.54) is 12.1 Å². The number of rotatable bonds is 7. The minimum absolute atomic E-state index is 0.163. The molecule has 2 aromatic carbocycles. The van der Waals surface area contributed by atoms with Crippen LogP contribution in [-0.2, 0) is 0 Å². The van der Waals surface area contributed by atoms with Crippen molar-refractivity contribution in [1.82, 2.24) is 10.6 Å². The molecule has 1 atom stereocenters. The maximum Gasteiger partial charge on any atom is 0.198 e. The number of hydrogen-bond acceptors (Lipinski definition) is 3. The van der Waals surface area contributed by atoms with Crippen LogP contribution in [0.25, 0.3) is 0 Å². The zero-order valence-electron chi connectivity index (χ0n) is 13.7. The summed E-state index contributed by atoms with van der Waals surface area (Å²) in [5.74, 6) is -0.691. The Hall–Kier alpha value is -1.98. The van der Waals surface area contributed by atoms with Crippen LogP contribution in [0.1, 0.15) is 24.9 Å². The molecule has 0 spiro atoms. The summed E-state index contributed by atoms with van der Waals surface area (Å²) in [7, 11) is 0. The Morgan fingerprint density at radius 2 is 1.92 bits per heavy atom. The van der Waals surface area contributed by atoms with Crippen molar-refractivity contribution >= 4 is 0 Å². The van der Waals surface area contributed by atoms with E-state index in [1.807, 2.05) is 13.0 Å². The summed E-state index contributed by atoms with van der Waals surface area (Å²) in [6, 6.07) is 11.3. The molecule has 2 aromatic rings. The molecule has 2 N–H and O–H groups in total. The van der Waals surface area contributed by atoms with Crippen molar-refractivity contribution in [3.05, 3.63) is 59.7 Å². The summed E-state index contributed by atoms with van der Waals surface area (Å²) in [4.78, 5) is 0. The number of para-hydroxylation sites is 1. The van der Waals surface area contributed by atoms with E-state index in [4.69, 9.17) is 4.74 Å². The lowest BCUT2D eigenvalue weighted by Crippen LogP contribution is -2.47. The van der Waals surface area contributed by atoms with Gasteiger partial charge < -0.3 is 15.4 Å². The first kappa shape index (κ1) is 16.9. The van der Waals surface area contributed by atoms with E-state index in [0.717, 1.165) is 19.6 Å². The largest absolute Gasteiger partial charge is 0.451 e. The summed E-state index contributed by atoms with van der Waals surface area (Å²) in [5.41, 5.74) is 0.442. The van der Waals surface area contributed by atoms with E-state index in [0.29, 0.717) is 23.7 Å². The second kappa shape index (κ2) is 7.73. The Labute approximate surface area is 141 Å². The molecule has 0 aliphatic carbocycles. The molecule has 0 bridgehead atoms. The average Bonchev–Trinajstić information content (AvgIpc) is 2.56. The lowest BCUT2D eigenvalue weighted by molar-refractivity contribution is 0.312. The number of hydrogen-bond donors (Lipinski definition) is 2. The highest BCUT2D eigenvalue weighted by Crippen LogP contribution is 2.33. The smallest absolute Gasteiger partial charge is 0.198 e. The van der Waals surface area contributed by atoms with Gasteiger partial charge in [0.25, 0.3) is 0 Å². The van der Waals surface area contributed by atoms with Gasteiger partial charge in [0.15, 0.2) is 17.4 Å². The maximum absolute atomic E-state index is 14.9. The highest BCUT2D eigenvalue weighted by Gasteiger charge is 2.23. The zero-order valence-corrected chi connectivity index (χ0v) is 13.7. The summed E-state index contributed by atoms with van der Waals surface area (Å²) < 4.78 is 34.4. The standard InChI is InChI=1S/C19H22F2N2O/c1-2-17(23-12-13-10-22-11-13)15-8-9-16(20)19(18(15)21)24-14-6-4-3-5-7-14/h3-9,13,17,22-23H,2,10-12H2,1H3. The van der Waals surface area contributed by atoms with Crippen molar-refractivity contribution in [1.29, 1.82) is 0 Å². The number of halogens is 2. The Kier molecular flexibility index (Phi) is 5.43. The minimum Gasteiger partial charge on any atom is -0.451 e. The van der Waals surface area contributed by atoms with Gasteiger partial charge in [-0.3, -0.25) is 0 Å². The molecule has 5 heteroatoms. The summed E-state index contributed by atoms with van der Waals surface area (Å²) in [6.07, 6.45) is 0.716. The Bertz CT molecular complexity index is 675. The molecule has 0 radical (unpaired) electrons. The summed E-state index contributed by atoms with van der Waals surface area (Å²) >= 11 is 0. The molecule has 3 nitrogen and oxygen atoms in total. The third-order valence-corrected chi connectivity index (χ3v) is 4.34. The van der Waals surface area contributed by atoms with Crippen LogP contribution in [0.3, 0.4) is 0 Å². The lowest BCUT2D eigenvalue weighted by atomic mass is 9.99. The third-order valence-electron chi connectivity index (χ3n) is 4.34. The van der Waals surface area contributed by atoms with E-state index in [1.54, 1.807) is 24.3 Å². The molecular formula is C19H22F2N2O. The molecular weight excluding hydrogens is 310 g/mol. The first-order chi connectivity index (χ1) is 11.7. The highest BCUT2D eigenvalue weighted by atomic mass is 19.1. The predicted molar refractivity (Wildman–Crippen MR) is 90.3 cm³/mol. The average molecular weight is 332 g/mol. The second-order valence-electron chi connectivity index (χ2n) is 6.09. The Balaban J connectivity index is 1.80. The van der Waals surface area contributed by atoms with Crippen LogP contribution in [0.4, 0.5) is 8.78 Å². The fourth-order valence-electron chi connectivity index (χ4n) is 2.79. The minimum atomic E-state index is -0.696. The Morgan fingerprint density at radius 1 is 1.17 bits per heavy atom. The molecule has 1 unspecified atom stereocenters. The van der Waals surface area contributed by atoms with E-state index >= 15 is 0 Å². The normalized spacial score (nSPS) is 15.8. The molecule has 1 aliphatic rings. The van der Waals surface area contributed by atoms with Gasteiger partial charge in [-0.05, 0) is 30.5 Å². The van der Waals surface area contributed by atoms with E-state index in [-0.39, 0.29) is 11.8 Å². The van der Waals surface area contributed by atoms with E-state index in [2.05, 4.69) is 10.6 Å². The van der Waals surface area contributed by atoms with Gasteiger partial charge in [-0.25, -0.2) is 8.78 Å².